The summed E-state index contributed by atoms with van der Waals surface area (Å²) >= 11 is 0. The minimum Gasteiger partial charge on any atom is -0.496 e. The van der Waals surface area contributed by atoms with Crippen LogP contribution in [-0.2, 0) is 16.1 Å². The molecule has 0 fully saturated rings. The average molecular weight is 443 g/mol. The number of amides is 2. The van der Waals surface area contributed by atoms with E-state index in [4.69, 9.17) is 14.2 Å². The van der Waals surface area contributed by atoms with Crippen molar-refractivity contribution in [3.8, 4) is 17.2 Å². The second kappa shape index (κ2) is 12.0. The highest BCUT2D eigenvalue weighted by Gasteiger charge is 2.27. The van der Waals surface area contributed by atoms with E-state index in [2.05, 4.69) is 5.32 Å². The van der Waals surface area contributed by atoms with Crippen LogP contribution in [0.2, 0.25) is 0 Å². The SMILES string of the molecule is CC[C@H](C)NC(=O)[C@@H](C)N(Cc1cccc(C)c1)C(=O)COc1cc(OC)cc(OC)c1. The molecule has 0 unspecified atom stereocenters. The maximum Gasteiger partial charge on any atom is 0.261 e. The lowest BCUT2D eigenvalue weighted by Crippen LogP contribution is -2.50. The molecule has 0 spiro atoms. The number of carbonyl (C=O) groups excluding carboxylic acids is 2. The van der Waals surface area contributed by atoms with Crippen LogP contribution in [0.15, 0.2) is 42.5 Å². The van der Waals surface area contributed by atoms with Gasteiger partial charge in [-0.05, 0) is 32.8 Å². The van der Waals surface area contributed by atoms with Crippen LogP contribution in [0.5, 0.6) is 17.2 Å². The lowest BCUT2D eigenvalue weighted by Gasteiger charge is -2.29. The first-order chi connectivity index (χ1) is 15.3. The van der Waals surface area contributed by atoms with Crippen LogP contribution in [0, 0.1) is 6.92 Å². The van der Waals surface area contributed by atoms with Crippen LogP contribution in [0.4, 0.5) is 0 Å². The molecule has 32 heavy (non-hydrogen) atoms. The number of benzene rings is 2. The maximum absolute atomic E-state index is 13.2. The van der Waals surface area contributed by atoms with Gasteiger partial charge >= 0.3 is 0 Å². The molecule has 0 aliphatic rings. The molecule has 2 rings (SSSR count). The predicted octanol–water partition coefficient (Wildman–Crippen LogP) is 3.72. The molecule has 0 aliphatic carbocycles. The van der Waals surface area contributed by atoms with Crippen LogP contribution >= 0.6 is 0 Å². The summed E-state index contributed by atoms with van der Waals surface area (Å²) in [4.78, 5) is 27.5. The first-order valence-electron chi connectivity index (χ1n) is 10.8. The molecule has 2 atom stereocenters. The fraction of sp³-hybridized carbons (Fsp3) is 0.440. The van der Waals surface area contributed by atoms with E-state index >= 15 is 0 Å². The lowest BCUT2D eigenvalue weighted by molar-refractivity contribution is -0.142. The second-order valence-electron chi connectivity index (χ2n) is 7.84. The Hall–Kier alpha value is -3.22. The van der Waals surface area contributed by atoms with Gasteiger partial charge in [0, 0.05) is 30.8 Å². The van der Waals surface area contributed by atoms with Gasteiger partial charge < -0.3 is 24.4 Å². The van der Waals surface area contributed by atoms with Gasteiger partial charge in [-0.15, -0.1) is 0 Å². The summed E-state index contributed by atoms with van der Waals surface area (Å²) in [5.74, 6) is 1.08. The van der Waals surface area contributed by atoms with Crippen LogP contribution in [0.25, 0.3) is 0 Å². The monoisotopic (exact) mass is 442 g/mol. The Kier molecular flexibility index (Phi) is 9.38. The van der Waals surface area contributed by atoms with Crippen molar-refractivity contribution < 1.29 is 23.8 Å². The Morgan fingerprint density at radius 3 is 2.19 bits per heavy atom. The molecule has 0 radical (unpaired) electrons. The fourth-order valence-electron chi connectivity index (χ4n) is 3.15. The van der Waals surface area contributed by atoms with Crippen molar-refractivity contribution in [1.82, 2.24) is 10.2 Å². The number of nitrogens with zero attached hydrogens (tertiary/aromatic N) is 1. The fourth-order valence-corrected chi connectivity index (χ4v) is 3.15. The Labute approximate surface area is 190 Å². The van der Waals surface area contributed by atoms with Gasteiger partial charge in [0.2, 0.25) is 5.91 Å². The van der Waals surface area contributed by atoms with Crippen molar-refractivity contribution in [3.63, 3.8) is 0 Å². The van der Waals surface area contributed by atoms with Crippen molar-refractivity contribution >= 4 is 11.8 Å². The summed E-state index contributed by atoms with van der Waals surface area (Å²) in [6.45, 7) is 7.76. The second-order valence-corrected chi connectivity index (χ2v) is 7.84. The zero-order chi connectivity index (χ0) is 23.7. The van der Waals surface area contributed by atoms with E-state index in [1.807, 2.05) is 45.0 Å². The van der Waals surface area contributed by atoms with E-state index < -0.39 is 6.04 Å². The van der Waals surface area contributed by atoms with Gasteiger partial charge in [0.1, 0.15) is 23.3 Å². The smallest absolute Gasteiger partial charge is 0.261 e. The first kappa shape index (κ1) is 25.0. The molecule has 2 amide bonds. The van der Waals surface area contributed by atoms with Crippen molar-refractivity contribution in [2.45, 2.75) is 52.7 Å². The number of rotatable bonds is 11. The topological polar surface area (TPSA) is 77.1 Å². The van der Waals surface area contributed by atoms with Gasteiger partial charge in [0.15, 0.2) is 6.61 Å². The zero-order valence-electron chi connectivity index (χ0n) is 19.8. The van der Waals surface area contributed by atoms with Crippen LogP contribution in [0.3, 0.4) is 0 Å². The number of hydrogen-bond acceptors (Lipinski definition) is 5. The van der Waals surface area contributed by atoms with E-state index in [-0.39, 0.29) is 24.5 Å². The lowest BCUT2D eigenvalue weighted by atomic mass is 10.1. The third kappa shape index (κ3) is 7.18. The summed E-state index contributed by atoms with van der Waals surface area (Å²) in [5, 5.41) is 2.96. The number of aryl methyl sites for hydroxylation is 1. The molecule has 2 aromatic carbocycles. The zero-order valence-corrected chi connectivity index (χ0v) is 19.8. The highest BCUT2D eigenvalue weighted by Crippen LogP contribution is 2.27. The molecular formula is C25H34N2O5. The van der Waals surface area contributed by atoms with Crippen molar-refractivity contribution in [2.24, 2.45) is 0 Å². The average Bonchev–Trinajstić information content (AvgIpc) is 2.80. The quantitative estimate of drug-likeness (QED) is 0.574. The molecule has 0 saturated heterocycles. The normalized spacial score (nSPS) is 12.4. The number of methoxy groups -OCH3 is 2. The van der Waals surface area contributed by atoms with Gasteiger partial charge in [-0.3, -0.25) is 9.59 Å². The van der Waals surface area contributed by atoms with Crippen LogP contribution in [0.1, 0.15) is 38.3 Å². The summed E-state index contributed by atoms with van der Waals surface area (Å²) in [6, 6.07) is 12.3. The largest absolute Gasteiger partial charge is 0.496 e. The Bertz CT molecular complexity index is 893. The molecule has 0 aromatic heterocycles. The van der Waals surface area contributed by atoms with Gasteiger partial charge in [-0.2, -0.15) is 0 Å². The van der Waals surface area contributed by atoms with E-state index in [1.54, 1.807) is 44.2 Å². The van der Waals surface area contributed by atoms with E-state index in [0.717, 1.165) is 17.5 Å². The number of carbonyl (C=O) groups is 2. The van der Waals surface area contributed by atoms with Gasteiger partial charge in [-0.1, -0.05) is 36.8 Å². The molecule has 2 aromatic rings. The third-order valence-electron chi connectivity index (χ3n) is 5.29. The molecule has 0 aliphatic heterocycles. The van der Waals surface area contributed by atoms with E-state index in [0.29, 0.717) is 23.8 Å². The van der Waals surface area contributed by atoms with Gasteiger partial charge in [0.05, 0.1) is 14.2 Å². The minimum atomic E-state index is -0.652. The molecule has 0 saturated carbocycles. The molecule has 7 heteroatoms. The number of ether oxygens (including phenoxy) is 3. The molecule has 0 bridgehead atoms. The summed E-state index contributed by atoms with van der Waals surface area (Å²) in [7, 11) is 3.09. The van der Waals surface area contributed by atoms with Crippen LogP contribution in [-0.4, -0.2) is 49.6 Å². The molecular weight excluding hydrogens is 408 g/mol. The molecule has 0 heterocycles. The van der Waals surface area contributed by atoms with Crippen molar-refractivity contribution in [2.75, 3.05) is 20.8 Å². The third-order valence-corrected chi connectivity index (χ3v) is 5.29. The number of nitrogens with one attached hydrogen (secondary N) is 1. The van der Waals surface area contributed by atoms with Crippen molar-refractivity contribution in [3.05, 3.63) is 53.6 Å². The standard InChI is InChI=1S/C25H34N2O5/c1-7-18(3)26-25(29)19(4)27(15-20-10-8-9-17(2)11-20)24(28)16-32-23-13-21(30-5)12-22(14-23)31-6/h8-14,18-19H,7,15-16H2,1-6H3,(H,26,29)/t18-,19+/m0/s1. The molecule has 174 valence electrons. The van der Waals surface area contributed by atoms with E-state index in [1.165, 1.54) is 0 Å². The Balaban J connectivity index is 2.20. The molecule has 1 N–H and O–H groups in total. The highest BCUT2D eigenvalue weighted by atomic mass is 16.5. The first-order valence-corrected chi connectivity index (χ1v) is 10.8. The minimum absolute atomic E-state index is 0.0290. The number of hydrogen-bond donors (Lipinski definition) is 1. The molecule has 7 nitrogen and oxygen atoms in total. The predicted molar refractivity (Wildman–Crippen MR) is 124 cm³/mol. The summed E-state index contributed by atoms with van der Waals surface area (Å²) in [5.41, 5.74) is 2.04. The Morgan fingerprint density at radius 1 is 1.00 bits per heavy atom. The van der Waals surface area contributed by atoms with Gasteiger partial charge in [0.25, 0.3) is 5.91 Å². The van der Waals surface area contributed by atoms with Gasteiger partial charge in [-0.25, -0.2) is 0 Å². The summed E-state index contributed by atoms with van der Waals surface area (Å²) in [6.07, 6.45) is 0.811. The summed E-state index contributed by atoms with van der Waals surface area (Å²) < 4.78 is 16.2. The highest BCUT2D eigenvalue weighted by molar-refractivity contribution is 5.88. The van der Waals surface area contributed by atoms with Crippen LogP contribution < -0.4 is 19.5 Å². The van der Waals surface area contributed by atoms with E-state index in [9.17, 15) is 9.59 Å². The maximum atomic E-state index is 13.2. The Morgan fingerprint density at radius 2 is 1.62 bits per heavy atom. The van der Waals surface area contributed by atoms with Crippen molar-refractivity contribution in [1.29, 1.82) is 0 Å².